The molecule has 1 fully saturated rings. The first-order valence-corrected chi connectivity index (χ1v) is 8.26. The lowest BCUT2D eigenvalue weighted by Gasteiger charge is -2.32. The third kappa shape index (κ3) is 3.58. The Morgan fingerprint density at radius 1 is 1.26 bits per heavy atom. The van der Waals surface area contributed by atoms with Gasteiger partial charge >= 0.3 is 0 Å². The molecule has 1 amide bonds. The van der Waals surface area contributed by atoms with Gasteiger partial charge in [0.05, 0.1) is 11.4 Å². The molecule has 1 atom stereocenters. The smallest absolute Gasteiger partial charge is 0.219 e. The van der Waals surface area contributed by atoms with E-state index < -0.39 is 0 Å². The van der Waals surface area contributed by atoms with Crippen molar-refractivity contribution in [2.75, 3.05) is 13.1 Å². The molecule has 3 rings (SSSR count). The van der Waals surface area contributed by atoms with Crippen LogP contribution in [0.2, 0.25) is 0 Å². The largest absolute Gasteiger partial charge is 0.343 e. The number of hydrogen-bond donors (Lipinski definition) is 0. The second-order valence-corrected chi connectivity index (χ2v) is 6.34. The predicted octanol–water partition coefficient (Wildman–Crippen LogP) is 3.25. The Morgan fingerprint density at radius 3 is 2.83 bits per heavy atom. The van der Waals surface area contributed by atoms with Gasteiger partial charge < -0.3 is 4.90 Å². The normalized spacial score (nSPS) is 18.0. The van der Waals surface area contributed by atoms with Gasteiger partial charge in [-0.2, -0.15) is 0 Å². The fraction of sp³-hybridized carbons (Fsp3) is 0.421. The zero-order valence-corrected chi connectivity index (χ0v) is 13.8. The zero-order chi connectivity index (χ0) is 16.2. The van der Waals surface area contributed by atoms with Crippen molar-refractivity contribution in [1.82, 2.24) is 14.9 Å². The monoisotopic (exact) mass is 309 g/mol. The number of carbonyl (C=O) groups is 1. The molecule has 0 radical (unpaired) electrons. The number of carbonyl (C=O) groups excluding carboxylic acids is 1. The first kappa shape index (κ1) is 15.7. The van der Waals surface area contributed by atoms with E-state index in [9.17, 15) is 4.79 Å². The standard InChI is InChI=1S/C19H23N3O/c1-14-6-3-4-8-17(14)19-18(20-9-10-21-19)12-16-7-5-11-22(13-16)15(2)23/h3-4,6,8-10,16H,5,7,11-13H2,1-2H3. The summed E-state index contributed by atoms with van der Waals surface area (Å²) in [7, 11) is 0. The molecule has 4 nitrogen and oxygen atoms in total. The number of hydrogen-bond acceptors (Lipinski definition) is 3. The topological polar surface area (TPSA) is 46.1 Å². The SMILES string of the molecule is CC(=O)N1CCCC(Cc2nccnc2-c2ccccc2C)C1. The lowest BCUT2D eigenvalue weighted by atomic mass is 9.91. The van der Waals surface area contributed by atoms with Crippen molar-refractivity contribution >= 4 is 5.91 Å². The molecule has 0 aliphatic carbocycles. The van der Waals surface area contributed by atoms with Crippen molar-refractivity contribution in [3.8, 4) is 11.3 Å². The summed E-state index contributed by atoms with van der Waals surface area (Å²) in [6.45, 7) is 5.48. The number of rotatable bonds is 3. The Balaban J connectivity index is 1.84. The van der Waals surface area contributed by atoms with Crippen LogP contribution in [0.25, 0.3) is 11.3 Å². The van der Waals surface area contributed by atoms with Crippen molar-refractivity contribution in [2.24, 2.45) is 5.92 Å². The maximum absolute atomic E-state index is 11.6. The fourth-order valence-electron chi connectivity index (χ4n) is 3.37. The van der Waals surface area contributed by atoms with Crippen molar-refractivity contribution in [3.63, 3.8) is 0 Å². The average molecular weight is 309 g/mol. The molecular weight excluding hydrogens is 286 g/mol. The number of aromatic nitrogens is 2. The van der Waals surface area contributed by atoms with Crippen molar-refractivity contribution < 1.29 is 4.79 Å². The van der Waals surface area contributed by atoms with Gasteiger partial charge in [-0.05, 0) is 37.7 Å². The highest BCUT2D eigenvalue weighted by Gasteiger charge is 2.23. The average Bonchev–Trinajstić information content (AvgIpc) is 2.56. The van der Waals surface area contributed by atoms with Crippen molar-refractivity contribution in [2.45, 2.75) is 33.1 Å². The van der Waals surface area contributed by atoms with Gasteiger partial charge in [-0.15, -0.1) is 0 Å². The number of likely N-dealkylation sites (tertiary alicyclic amines) is 1. The molecule has 1 aromatic carbocycles. The third-order valence-corrected chi connectivity index (χ3v) is 4.62. The van der Waals surface area contributed by atoms with Gasteiger partial charge in [0.15, 0.2) is 0 Å². The molecule has 4 heteroatoms. The molecule has 2 aromatic rings. The van der Waals surface area contributed by atoms with E-state index in [1.54, 1.807) is 19.3 Å². The second kappa shape index (κ2) is 6.90. The molecule has 0 spiro atoms. The Bertz CT molecular complexity index is 699. The maximum atomic E-state index is 11.6. The minimum Gasteiger partial charge on any atom is -0.343 e. The second-order valence-electron chi connectivity index (χ2n) is 6.34. The highest BCUT2D eigenvalue weighted by Crippen LogP contribution is 2.27. The fourth-order valence-corrected chi connectivity index (χ4v) is 3.37. The van der Waals surface area contributed by atoms with Crippen LogP contribution in [0, 0.1) is 12.8 Å². The maximum Gasteiger partial charge on any atom is 0.219 e. The summed E-state index contributed by atoms with van der Waals surface area (Å²) in [5.41, 5.74) is 4.38. The van der Waals surface area contributed by atoms with E-state index in [2.05, 4.69) is 29.0 Å². The third-order valence-electron chi connectivity index (χ3n) is 4.62. The zero-order valence-electron chi connectivity index (χ0n) is 13.8. The number of piperidine rings is 1. The van der Waals surface area contributed by atoms with Gasteiger partial charge in [-0.25, -0.2) is 0 Å². The van der Waals surface area contributed by atoms with Gasteiger partial charge in [0.25, 0.3) is 0 Å². The minimum atomic E-state index is 0.174. The van der Waals surface area contributed by atoms with Crippen molar-refractivity contribution in [3.05, 3.63) is 47.9 Å². The molecule has 0 bridgehead atoms. The summed E-state index contributed by atoms with van der Waals surface area (Å²) in [4.78, 5) is 22.8. The number of amides is 1. The van der Waals surface area contributed by atoms with Crippen LogP contribution in [-0.4, -0.2) is 33.9 Å². The van der Waals surface area contributed by atoms with E-state index in [4.69, 9.17) is 0 Å². The van der Waals surface area contributed by atoms with E-state index in [0.29, 0.717) is 5.92 Å². The summed E-state index contributed by atoms with van der Waals surface area (Å²) in [6.07, 6.45) is 6.62. The summed E-state index contributed by atoms with van der Waals surface area (Å²) >= 11 is 0. The van der Waals surface area contributed by atoms with Gasteiger partial charge in [-0.1, -0.05) is 24.3 Å². The predicted molar refractivity (Wildman–Crippen MR) is 90.9 cm³/mol. The summed E-state index contributed by atoms with van der Waals surface area (Å²) in [5, 5.41) is 0. The Labute approximate surface area is 137 Å². The van der Waals surface area contributed by atoms with E-state index in [1.807, 2.05) is 17.0 Å². The minimum absolute atomic E-state index is 0.174. The molecule has 0 saturated carbocycles. The Hall–Kier alpha value is -2.23. The van der Waals surface area contributed by atoms with Crippen LogP contribution in [0.4, 0.5) is 0 Å². The quantitative estimate of drug-likeness (QED) is 0.874. The summed E-state index contributed by atoms with van der Waals surface area (Å²) in [6, 6.07) is 8.29. The molecule has 1 saturated heterocycles. The van der Waals surface area contributed by atoms with Gasteiger partial charge in [0.1, 0.15) is 0 Å². The lowest BCUT2D eigenvalue weighted by molar-refractivity contribution is -0.130. The number of benzene rings is 1. The van der Waals surface area contributed by atoms with E-state index in [0.717, 1.165) is 49.3 Å². The van der Waals surface area contributed by atoms with Gasteiger partial charge in [0.2, 0.25) is 5.91 Å². The molecule has 2 heterocycles. The van der Waals surface area contributed by atoms with Crippen LogP contribution in [-0.2, 0) is 11.2 Å². The van der Waals surface area contributed by atoms with Crippen molar-refractivity contribution in [1.29, 1.82) is 0 Å². The van der Waals surface area contributed by atoms with Crippen LogP contribution in [0.3, 0.4) is 0 Å². The highest BCUT2D eigenvalue weighted by molar-refractivity contribution is 5.73. The van der Waals surface area contributed by atoms with E-state index in [1.165, 1.54) is 5.56 Å². The van der Waals surface area contributed by atoms with E-state index >= 15 is 0 Å². The molecule has 1 aromatic heterocycles. The number of aryl methyl sites for hydroxylation is 1. The Kier molecular flexibility index (Phi) is 4.70. The van der Waals surface area contributed by atoms with Crippen LogP contribution in [0.5, 0.6) is 0 Å². The van der Waals surface area contributed by atoms with Crippen LogP contribution in [0.1, 0.15) is 31.0 Å². The molecule has 1 aliphatic heterocycles. The molecule has 23 heavy (non-hydrogen) atoms. The molecule has 1 unspecified atom stereocenters. The summed E-state index contributed by atoms with van der Waals surface area (Å²) < 4.78 is 0. The summed E-state index contributed by atoms with van der Waals surface area (Å²) in [5.74, 6) is 0.639. The molecule has 120 valence electrons. The van der Waals surface area contributed by atoms with Gasteiger partial charge in [0, 0.05) is 38.0 Å². The van der Waals surface area contributed by atoms with Crippen LogP contribution in [0.15, 0.2) is 36.7 Å². The Morgan fingerprint density at radius 2 is 2.04 bits per heavy atom. The van der Waals surface area contributed by atoms with Gasteiger partial charge in [-0.3, -0.25) is 14.8 Å². The first-order valence-electron chi connectivity index (χ1n) is 8.26. The molecule has 1 aliphatic rings. The lowest BCUT2D eigenvalue weighted by Crippen LogP contribution is -2.39. The first-order chi connectivity index (χ1) is 11.1. The van der Waals surface area contributed by atoms with E-state index in [-0.39, 0.29) is 5.91 Å². The highest BCUT2D eigenvalue weighted by atomic mass is 16.2. The van der Waals surface area contributed by atoms with Crippen LogP contribution >= 0.6 is 0 Å². The molecule has 0 N–H and O–H groups in total. The molecular formula is C19H23N3O. The number of nitrogens with zero attached hydrogens (tertiary/aromatic N) is 3. The van der Waals surface area contributed by atoms with Crippen LogP contribution < -0.4 is 0 Å².